The molecule has 0 fully saturated rings. The molecule has 0 radical (unpaired) electrons. The monoisotopic (exact) mass is 392 g/mol. The molecule has 10 heteroatoms. The van der Waals surface area contributed by atoms with Crippen LogP contribution in [0.1, 0.15) is 30.9 Å². The van der Waals surface area contributed by atoms with Gasteiger partial charge in [0, 0.05) is 12.0 Å². The lowest BCUT2D eigenvalue weighted by molar-refractivity contribution is -0.136. The normalized spacial score (nSPS) is 19.7. The molecule has 0 saturated heterocycles. The fourth-order valence-electron chi connectivity index (χ4n) is 2.41. The van der Waals surface area contributed by atoms with Gasteiger partial charge < -0.3 is 4.74 Å². The van der Waals surface area contributed by atoms with E-state index in [4.69, 9.17) is 20.5 Å². The number of hydrogen-bond donors (Lipinski definition) is 0. The number of nitrogens with zero attached hydrogens (tertiary/aromatic N) is 2. The average Bonchev–Trinajstić information content (AvgIpc) is 2.86. The smallest absolute Gasteiger partial charge is 0.389 e. The first-order valence-corrected chi connectivity index (χ1v) is 8.73. The van der Waals surface area contributed by atoms with Crippen LogP contribution < -0.4 is 4.74 Å². The molecule has 1 aliphatic heterocycles. The minimum atomic E-state index is -4.24. The molecule has 1 aromatic carbocycles. The summed E-state index contributed by atoms with van der Waals surface area (Å²) in [5.41, 5.74) is 0.460. The molecule has 25 heavy (non-hydrogen) atoms. The Morgan fingerprint density at radius 1 is 1.28 bits per heavy atom. The van der Waals surface area contributed by atoms with E-state index in [0.717, 1.165) is 0 Å². The number of halogens is 4. The largest absolute Gasteiger partial charge is 0.424 e. The van der Waals surface area contributed by atoms with Crippen LogP contribution in [0.15, 0.2) is 35.5 Å². The minimum absolute atomic E-state index is 0.0181. The summed E-state index contributed by atoms with van der Waals surface area (Å²) < 4.78 is 60.0. The van der Waals surface area contributed by atoms with Crippen molar-refractivity contribution < 1.29 is 26.3 Å². The molecule has 0 N–H and O–H groups in total. The summed E-state index contributed by atoms with van der Waals surface area (Å²) in [6.45, 7) is 0. The second-order valence-electron chi connectivity index (χ2n) is 5.28. The molecule has 3 rings (SSSR count). The van der Waals surface area contributed by atoms with E-state index in [1.807, 2.05) is 0 Å². The molecule has 0 bridgehead atoms. The third-order valence-corrected chi connectivity index (χ3v) is 4.77. The van der Waals surface area contributed by atoms with E-state index < -0.39 is 29.8 Å². The maximum atomic E-state index is 12.3. The van der Waals surface area contributed by atoms with Crippen molar-refractivity contribution in [3.8, 4) is 11.8 Å². The second kappa shape index (κ2) is 7.27. The lowest BCUT2D eigenvalue weighted by atomic mass is 10.0. The summed E-state index contributed by atoms with van der Waals surface area (Å²) in [5, 5.41) is 0.333. The summed E-state index contributed by atoms with van der Waals surface area (Å²) in [6, 6.07) is 4.82. The third-order valence-electron chi connectivity index (χ3n) is 3.46. The maximum absolute atomic E-state index is 12.3. The van der Waals surface area contributed by atoms with Crippen molar-refractivity contribution in [1.29, 1.82) is 0 Å². The van der Waals surface area contributed by atoms with Crippen molar-refractivity contribution in [3.63, 3.8) is 0 Å². The van der Waals surface area contributed by atoms with Crippen molar-refractivity contribution in [2.24, 2.45) is 0 Å². The number of aromatic nitrogens is 2. The van der Waals surface area contributed by atoms with Gasteiger partial charge in [-0.05, 0) is 25.0 Å². The molecule has 0 amide bonds. The molecule has 0 spiro atoms. The standard InChI is InChI=1S/C15H12ClF3N2O3S/c16-9-7-20-14(21-8-9)23-10-3-1-5-12-13(10)11(24-25(12)22)4-2-6-15(17,18)19/h1,3,5,7-8,11H,2,4,6H2. The average molecular weight is 393 g/mol. The summed E-state index contributed by atoms with van der Waals surface area (Å²) in [5.74, 6) is 0.294. The van der Waals surface area contributed by atoms with E-state index in [9.17, 15) is 17.4 Å². The summed E-state index contributed by atoms with van der Waals surface area (Å²) >= 11 is 3.96. The first-order chi connectivity index (χ1) is 11.8. The van der Waals surface area contributed by atoms with Crippen LogP contribution in [0.3, 0.4) is 0 Å². The number of fused-ring (bicyclic) bond motifs is 1. The molecule has 1 aromatic heterocycles. The van der Waals surface area contributed by atoms with E-state index in [1.165, 1.54) is 12.4 Å². The number of benzene rings is 1. The van der Waals surface area contributed by atoms with Crippen LogP contribution in [0.4, 0.5) is 13.2 Å². The van der Waals surface area contributed by atoms with Gasteiger partial charge in [-0.1, -0.05) is 17.7 Å². The molecule has 2 aromatic rings. The van der Waals surface area contributed by atoms with Gasteiger partial charge >= 0.3 is 12.2 Å². The molecule has 5 nitrogen and oxygen atoms in total. The Bertz CT molecular complexity index is 787. The van der Waals surface area contributed by atoms with Gasteiger partial charge in [0.2, 0.25) is 0 Å². The van der Waals surface area contributed by atoms with Gasteiger partial charge in [-0.3, -0.25) is 4.18 Å². The van der Waals surface area contributed by atoms with Crippen LogP contribution in [0.5, 0.6) is 11.8 Å². The van der Waals surface area contributed by atoms with Crippen molar-refractivity contribution in [2.75, 3.05) is 0 Å². The first-order valence-electron chi connectivity index (χ1n) is 7.27. The Balaban J connectivity index is 1.82. The molecule has 2 heterocycles. The Kier molecular flexibility index (Phi) is 5.26. The fraction of sp³-hybridized carbons (Fsp3) is 0.333. The Morgan fingerprint density at radius 3 is 2.68 bits per heavy atom. The lowest BCUT2D eigenvalue weighted by Crippen LogP contribution is -2.08. The highest BCUT2D eigenvalue weighted by atomic mass is 35.5. The number of hydrogen-bond acceptors (Lipinski definition) is 5. The Labute approximate surface area is 148 Å². The van der Waals surface area contributed by atoms with Gasteiger partial charge in [-0.2, -0.15) is 13.2 Å². The van der Waals surface area contributed by atoms with Gasteiger partial charge in [0.25, 0.3) is 0 Å². The Morgan fingerprint density at radius 2 is 2.00 bits per heavy atom. The predicted octanol–water partition coefficient (Wildman–Crippen LogP) is 4.75. The topological polar surface area (TPSA) is 61.3 Å². The van der Waals surface area contributed by atoms with Crippen molar-refractivity contribution in [1.82, 2.24) is 9.97 Å². The SMILES string of the molecule is O=S1OC(CCCC(F)(F)F)c2c(Oc3ncc(Cl)cn3)cccc21. The van der Waals surface area contributed by atoms with E-state index in [0.29, 0.717) is 21.2 Å². The molecule has 2 atom stereocenters. The number of alkyl halides is 3. The van der Waals surface area contributed by atoms with Crippen LogP contribution in [0, 0.1) is 0 Å². The van der Waals surface area contributed by atoms with E-state index in [1.54, 1.807) is 18.2 Å². The van der Waals surface area contributed by atoms with Gasteiger partial charge in [0.05, 0.1) is 22.3 Å². The van der Waals surface area contributed by atoms with Crippen LogP contribution >= 0.6 is 11.6 Å². The molecular formula is C15H12ClF3N2O3S. The Hall–Kier alpha value is -1.71. The minimum Gasteiger partial charge on any atom is -0.424 e. The zero-order valence-electron chi connectivity index (χ0n) is 12.6. The molecule has 2 unspecified atom stereocenters. The first kappa shape index (κ1) is 18.1. The highest BCUT2D eigenvalue weighted by molar-refractivity contribution is 7.80. The predicted molar refractivity (Wildman–Crippen MR) is 83.7 cm³/mol. The van der Waals surface area contributed by atoms with Gasteiger partial charge in [0.1, 0.15) is 11.9 Å². The van der Waals surface area contributed by atoms with Gasteiger partial charge in [-0.25, -0.2) is 14.2 Å². The van der Waals surface area contributed by atoms with Gasteiger partial charge in [-0.15, -0.1) is 0 Å². The lowest BCUT2D eigenvalue weighted by Gasteiger charge is -2.14. The highest BCUT2D eigenvalue weighted by Crippen LogP contribution is 2.44. The van der Waals surface area contributed by atoms with E-state index in [-0.39, 0.29) is 18.9 Å². The molecule has 0 aliphatic carbocycles. The van der Waals surface area contributed by atoms with Gasteiger partial charge in [0.15, 0.2) is 11.1 Å². The third kappa shape index (κ3) is 4.47. The van der Waals surface area contributed by atoms with E-state index in [2.05, 4.69) is 9.97 Å². The second-order valence-corrected chi connectivity index (χ2v) is 6.82. The molecule has 1 aliphatic rings. The van der Waals surface area contributed by atoms with Crippen LogP contribution in [0.25, 0.3) is 0 Å². The summed E-state index contributed by atoms with van der Waals surface area (Å²) in [6.07, 6.45) is -3.30. The van der Waals surface area contributed by atoms with Crippen molar-refractivity contribution >= 4 is 22.7 Å². The molecular weight excluding hydrogens is 381 g/mol. The number of ether oxygens (including phenoxy) is 1. The van der Waals surface area contributed by atoms with Crippen LogP contribution in [-0.4, -0.2) is 20.4 Å². The van der Waals surface area contributed by atoms with Crippen LogP contribution in [-0.2, 0) is 15.3 Å². The maximum Gasteiger partial charge on any atom is 0.389 e. The molecule has 0 saturated carbocycles. The quantitative estimate of drug-likeness (QED) is 0.734. The number of rotatable bonds is 5. The van der Waals surface area contributed by atoms with E-state index >= 15 is 0 Å². The van der Waals surface area contributed by atoms with Crippen molar-refractivity contribution in [2.45, 2.75) is 36.4 Å². The van der Waals surface area contributed by atoms with Crippen LogP contribution in [0.2, 0.25) is 5.02 Å². The fourth-order valence-corrected chi connectivity index (χ4v) is 3.62. The highest BCUT2D eigenvalue weighted by Gasteiger charge is 2.34. The zero-order chi connectivity index (χ0) is 18.0. The summed E-state index contributed by atoms with van der Waals surface area (Å²) in [7, 11) is 0. The van der Waals surface area contributed by atoms with Crippen molar-refractivity contribution in [3.05, 3.63) is 41.2 Å². The molecule has 134 valence electrons. The zero-order valence-corrected chi connectivity index (χ0v) is 14.2. The summed E-state index contributed by atoms with van der Waals surface area (Å²) in [4.78, 5) is 8.19.